The molecule has 2 aromatic carbocycles. The summed E-state index contributed by atoms with van der Waals surface area (Å²) in [6.07, 6.45) is 1.43. The Morgan fingerprint density at radius 1 is 1.18 bits per heavy atom. The van der Waals surface area contributed by atoms with Gasteiger partial charge in [0.2, 0.25) is 0 Å². The van der Waals surface area contributed by atoms with E-state index >= 15 is 0 Å². The third-order valence-electron chi connectivity index (χ3n) is 3.40. The molecule has 0 atom stereocenters. The van der Waals surface area contributed by atoms with Crippen LogP contribution >= 0.6 is 0 Å². The Bertz CT molecular complexity index is 689. The van der Waals surface area contributed by atoms with Crippen LogP contribution < -0.4 is 5.43 Å². The number of benzene rings is 2. The van der Waals surface area contributed by atoms with E-state index in [4.69, 9.17) is 0 Å². The van der Waals surface area contributed by atoms with E-state index in [0.717, 1.165) is 5.56 Å². The molecule has 0 aliphatic carbocycles. The zero-order valence-corrected chi connectivity index (χ0v) is 13.0. The summed E-state index contributed by atoms with van der Waals surface area (Å²) in [6.45, 7) is 6.10. The van der Waals surface area contributed by atoms with Gasteiger partial charge in [-0.1, -0.05) is 32.0 Å². The minimum atomic E-state index is -0.279. The first-order chi connectivity index (χ1) is 10.5. The molecule has 0 aliphatic heterocycles. The van der Waals surface area contributed by atoms with Crippen LogP contribution in [0.3, 0.4) is 0 Å². The topological polar surface area (TPSA) is 61.7 Å². The summed E-state index contributed by atoms with van der Waals surface area (Å²) in [4.78, 5) is 12.0. The molecule has 2 aromatic rings. The number of nitrogens with zero attached hydrogens (tertiary/aromatic N) is 1. The SMILES string of the molecule is Cc1ccc(C=NNC(=O)c2ccc(C(C)C)cc2)c(O)c1. The minimum absolute atomic E-state index is 0.138. The lowest BCUT2D eigenvalue weighted by Gasteiger charge is -2.06. The summed E-state index contributed by atoms with van der Waals surface area (Å²) in [5.74, 6) is 0.289. The highest BCUT2D eigenvalue weighted by molar-refractivity contribution is 5.95. The van der Waals surface area contributed by atoms with E-state index in [2.05, 4.69) is 24.4 Å². The lowest BCUT2D eigenvalue weighted by molar-refractivity contribution is 0.0955. The molecule has 0 bridgehead atoms. The van der Waals surface area contributed by atoms with Gasteiger partial charge in [0.1, 0.15) is 5.75 Å². The van der Waals surface area contributed by atoms with Crippen LogP contribution in [0.2, 0.25) is 0 Å². The maximum atomic E-state index is 12.0. The molecule has 0 saturated heterocycles. The van der Waals surface area contributed by atoms with Gasteiger partial charge < -0.3 is 5.11 Å². The molecule has 2 N–H and O–H groups in total. The molecule has 22 heavy (non-hydrogen) atoms. The molecule has 0 fully saturated rings. The molecule has 114 valence electrons. The van der Waals surface area contributed by atoms with Crippen LogP contribution in [0.4, 0.5) is 0 Å². The number of hydrazone groups is 1. The maximum Gasteiger partial charge on any atom is 0.271 e. The first-order valence-corrected chi connectivity index (χ1v) is 7.20. The number of amides is 1. The van der Waals surface area contributed by atoms with Crippen molar-refractivity contribution in [2.75, 3.05) is 0 Å². The van der Waals surface area contributed by atoms with Crippen molar-refractivity contribution in [2.45, 2.75) is 26.7 Å². The van der Waals surface area contributed by atoms with Crippen molar-refractivity contribution in [3.05, 3.63) is 64.7 Å². The van der Waals surface area contributed by atoms with Crippen LogP contribution in [0.5, 0.6) is 5.75 Å². The molecule has 0 radical (unpaired) electrons. The van der Waals surface area contributed by atoms with Crippen molar-refractivity contribution in [1.29, 1.82) is 0 Å². The molecule has 0 unspecified atom stereocenters. The number of carbonyl (C=O) groups is 1. The number of hydrogen-bond acceptors (Lipinski definition) is 3. The Labute approximate surface area is 130 Å². The fourth-order valence-electron chi connectivity index (χ4n) is 2.01. The molecular formula is C18H20N2O2. The van der Waals surface area contributed by atoms with Crippen molar-refractivity contribution >= 4 is 12.1 Å². The van der Waals surface area contributed by atoms with Crippen LogP contribution in [0.25, 0.3) is 0 Å². The van der Waals surface area contributed by atoms with Crippen LogP contribution in [0.1, 0.15) is 46.8 Å². The molecule has 0 aliphatic rings. The second-order valence-corrected chi connectivity index (χ2v) is 5.54. The van der Waals surface area contributed by atoms with Crippen LogP contribution in [-0.4, -0.2) is 17.2 Å². The van der Waals surface area contributed by atoms with Crippen molar-refractivity contribution in [1.82, 2.24) is 5.43 Å². The Hall–Kier alpha value is -2.62. The van der Waals surface area contributed by atoms with E-state index in [1.165, 1.54) is 11.8 Å². The molecule has 4 nitrogen and oxygen atoms in total. The number of phenolic OH excluding ortho intramolecular Hbond substituents is 1. The Balaban J connectivity index is 2.01. The van der Waals surface area contributed by atoms with Crippen molar-refractivity contribution in [3.8, 4) is 5.75 Å². The summed E-state index contributed by atoms with van der Waals surface area (Å²) >= 11 is 0. The summed E-state index contributed by atoms with van der Waals surface area (Å²) in [6, 6.07) is 12.7. The van der Waals surface area contributed by atoms with Gasteiger partial charge in [-0.05, 0) is 48.2 Å². The second kappa shape index (κ2) is 6.89. The summed E-state index contributed by atoms with van der Waals surface area (Å²) in [5.41, 5.74) is 5.71. The van der Waals surface area contributed by atoms with Gasteiger partial charge >= 0.3 is 0 Å². The smallest absolute Gasteiger partial charge is 0.271 e. The number of aryl methyl sites for hydroxylation is 1. The molecule has 0 aromatic heterocycles. The average molecular weight is 296 g/mol. The van der Waals surface area contributed by atoms with E-state index in [1.54, 1.807) is 24.3 Å². The normalized spacial score (nSPS) is 11.1. The quantitative estimate of drug-likeness (QED) is 0.669. The van der Waals surface area contributed by atoms with Gasteiger partial charge in [0.05, 0.1) is 6.21 Å². The van der Waals surface area contributed by atoms with Gasteiger partial charge in [0.15, 0.2) is 0 Å². The predicted molar refractivity (Wildman–Crippen MR) is 88.4 cm³/mol. The van der Waals surface area contributed by atoms with Crippen molar-refractivity contribution in [2.24, 2.45) is 5.10 Å². The highest BCUT2D eigenvalue weighted by atomic mass is 16.3. The number of rotatable bonds is 4. The van der Waals surface area contributed by atoms with Crippen molar-refractivity contribution < 1.29 is 9.90 Å². The van der Waals surface area contributed by atoms with E-state index < -0.39 is 0 Å². The zero-order chi connectivity index (χ0) is 16.1. The van der Waals surface area contributed by atoms with Gasteiger partial charge in [-0.3, -0.25) is 4.79 Å². The number of phenols is 1. The number of carbonyl (C=O) groups excluding carboxylic acids is 1. The molecule has 0 heterocycles. The summed E-state index contributed by atoms with van der Waals surface area (Å²) in [7, 11) is 0. The summed E-state index contributed by atoms with van der Waals surface area (Å²) < 4.78 is 0. The third kappa shape index (κ3) is 3.95. The van der Waals surface area contributed by atoms with Crippen LogP contribution in [0, 0.1) is 6.92 Å². The highest BCUT2D eigenvalue weighted by Gasteiger charge is 2.05. The molecular weight excluding hydrogens is 276 g/mol. The average Bonchev–Trinajstić information content (AvgIpc) is 2.49. The largest absolute Gasteiger partial charge is 0.507 e. The molecule has 4 heteroatoms. The van der Waals surface area contributed by atoms with Gasteiger partial charge in [-0.25, -0.2) is 5.43 Å². The third-order valence-corrected chi connectivity index (χ3v) is 3.40. The second-order valence-electron chi connectivity index (χ2n) is 5.54. The highest BCUT2D eigenvalue weighted by Crippen LogP contribution is 2.16. The Morgan fingerprint density at radius 3 is 2.45 bits per heavy atom. The predicted octanol–water partition coefficient (Wildman–Crippen LogP) is 3.59. The van der Waals surface area contributed by atoms with E-state index in [9.17, 15) is 9.90 Å². The lowest BCUT2D eigenvalue weighted by atomic mass is 10.0. The first-order valence-electron chi connectivity index (χ1n) is 7.20. The van der Waals surface area contributed by atoms with E-state index in [1.807, 2.05) is 25.1 Å². The minimum Gasteiger partial charge on any atom is -0.507 e. The van der Waals surface area contributed by atoms with Gasteiger partial charge in [0, 0.05) is 11.1 Å². The van der Waals surface area contributed by atoms with Gasteiger partial charge in [0.25, 0.3) is 5.91 Å². The van der Waals surface area contributed by atoms with E-state index in [0.29, 0.717) is 17.0 Å². The van der Waals surface area contributed by atoms with Crippen molar-refractivity contribution in [3.63, 3.8) is 0 Å². The lowest BCUT2D eigenvalue weighted by Crippen LogP contribution is -2.17. The fourth-order valence-corrected chi connectivity index (χ4v) is 2.01. The monoisotopic (exact) mass is 296 g/mol. The molecule has 2 rings (SSSR count). The number of nitrogens with one attached hydrogen (secondary N) is 1. The molecule has 0 spiro atoms. The fraction of sp³-hybridized carbons (Fsp3) is 0.222. The molecule has 1 amide bonds. The maximum absolute atomic E-state index is 12.0. The Kier molecular flexibility index (Phi) is 4.94. The number of aromatic hydroxyl groups is 1. The zero-order valence-electron chi connectivity index (χ0n) is 13.0. The summed E-state index contributed by atoms with van der Waals surface area (Å²) in [5, 5.41) is 13.6. The van der Waals surface area contributed by atoms with Crippen LogP contribution in [-0.2, 0) is 0 Å². The number of hydrogen-bond donors (Lipinski definition) is 2. The Morgan fingerprint density at radius 2 is 1.86 bits per heavy atom. The van der Waals surface area contributed by atoms with E-state index in [-0.39, 0.29) is 11.7 Å². The first kappa shape index (κ1) is 15.8. The standard InChI is InChI=1S/C18H20N2O2/c1-12(2)14-6-8-15(9-7-14)18(22)20-19-11-16-5-4-13(3)10-17(16)21/h4-12,21H,1-3H3,(H,20,22). The van der Waals surface area contributed by atoms with Gasteiger partial charge in [-0.2, -0.15) is 5.10 Å². The van der Waals surface area contributed by atoms with Gasteiger partial charge in [-0.15, -0.1) is 0 Å². The molecule has 0 saturated carbocycles. The van der Waals surface area contributed by atoms with Crippen LogP contribution in [0.15, 0.2) is 47.6 Å².